The zero-order valence-electron chi connectivity index (χ0n) is 14.7. The number of benzene rings is 1. The summed E-state index contributed by atoms with van der Waals surface area (Å²) in [5.74, 6) is 0.706. The molecule has 1 aliphatic rings. The van der Waals surface area contributed by atoms with E-state index in [9.17, 15) is 9.59 Å². The number of amides is 1. The Labute approximate surface area is 143 Å². The summed E-state index contributed by atoms with van der Waals surface area (Å²) in [7, 11) is 0. The van der Waals surface area contributed by atoms with Crippen molar-refractivity contribution in [3.63, 3.8) is 0 Å². The lowest BCUT2D eigenvalue weighted by Crippen LogP contribution is -2.36. The van der Waals surface area contributed by atoms with E-state index in [1.54, 1.807) is 24.3 Å². The summed E-state index contributed by atoms with van der Waals surface area (Å²) in [6.07, 6.45) is 3.09. The van der Waals surface area contributed by atoms with Crippen LogP contribution in [0.3, 0.4) is 0 Å². The lowest BCUT2D eigenvalue weighted by molar-refractivity contribution is -0.114. The third kappa shape index (κ3) is 4.57. The average Bonchev–Trinajstić information content (AvgIpc) is 2.54. The number of carbonyl (C=O) groups excluding carboxylic acids is 2. The van der Waals surface area contributed by atoms with Gasteiger partial charge in [0.25, 0.3) is 0 Å². The van der Waals surface area contributed by atoms with E-state index < -0.39 is 0 Å². The highest BCUT2D eigenvalue weighted by Crippen LogP contribution is 2.36. The Bertz CT molecular complexity index is 586. The molecule has 24 heavy (non-hydrogen) atoms. The standard InChI is InChI=1S/C19H28N2O3/c1-12(2)14-9-8-13(3)10-17(14)24-19(23)15-6-4-5-7-16(15)21-18(22)11-20/h4-7,12-14,17H,8-11,20H2,1-3H3,(H,21,22)/t13-,14+,17-/m1/s1. The van der Waals surface area contributed by atoms with E-state index in [-0.39, 0.29) is 24.5 Å². The monoisotopic (exact) mass is 332 g/mol. The topological polar surface area (TPSA) is 81.4 Å². The molecule has 0 aromatic heterocycles. The number of esters is 1. The maximum Gasteiger partial charge on any atom is 0.340 e. The molecule has 5 heteroatoms. The van der Waals surface area contributed by atoms with Gasteiger partial charge in [-0.05, 0) is 42.7 Å². The van der Waals surface area contributed by atoms with Crippen molar-refractivity contribution >= 4 is 17.6 Å². The number of para-hydroxylation sites is 1. The highest BCUT2D eigenvalue weighted by Gasteiger charge is 2.34. The first-order valence-corrected chi connectivity index (χ1v) is 8.72. The molecule has 1 saturated carbocycles. The van der Waals surface area contributed by atoms with Crippen LogP contribution in [-0.4, -0.2) is 24.5 Å². The molecule has 1 amide bonds. The van der Waals surface area contributed by atoms with Crippen molar-refractivity contribution in [1.29, 1.82) is 0 Å². The fraction of sp³-hybridized carbons (Fsp3) is 0.579. The molecule has 0 heterocycles. The first kappa shape index (κ1) is 18.5. The van der Waals surface area contributed by atoms with Crippen LogP contribution in [0.15, 0.2) is 24.3 Å². The van der Waals surface area contributed by atoms with E-state index in [1.807, 2.05) is 0 Å². The zero-order chi connectivity index (χ0) is 17.7. The van der Waals surface area contributed by atoms with Crippen LogP contribution in [0.25, 0.3) is 0 Å². The largest absolute Gasteiger partial charge is 0.458 e. The van der Waals surface area contributed by atoms with Crippen molar-refractivity contribution < 1.29 is 14.3 Å². The van der Waals surface area contributed by atoms with Gasteiger partial charge in [0.2, 0.25) is 5.91 Å². The van der Waals surface area contributed by atoms with Crippen LogP contribution in [0.4, 0.5) is 5.69 Å². The number of nitrogens with one attached hydrogen (secondary N) is 1. The van der Waals surface area contributed by atoms with Crippen molar-refractivity contribution in [2.75, 3.05) is 11.9 Å². The van der Waals surface area contributed by atoms with E-state index in [0.717, 1.165) is 12.8 Å². The van der Waals surface area contributed by atoms with Gasteiger partial charge in [0, 0.05) is 0 Å². The second-order valence-electron chi connectivity index (χ2n) is 7.07. The van der Waals surface area contributed by atoms with Gasteiger partial charge in [-0.25, -0.2) is 4.79 Å². The Kier molecular flexibility index (Phi) is 6.37. The maximum atomic E-state index is 12.7. The highest BCUT2D eigenvalue weighted by atomic mass is 16.5. The van der Waals surface area contributed by atoms with Crippen LogP contribution >= 0.6 is 0 Å². The molecule has 0 aliphatic heterocycles. The van der Waals surface area contributed by atoms with Crippen LogP contribution in [-0.2, 0) is 9.53 Å². The van der Waals surface area contributed by atoms with Crippen molar-refractivity contribution in [3.8, 4) is 0 Å². The summed E-state index contributed by atoms with van der Waals surface area (Å²) in [5.41, 5.74) is 6.16. The van der Waals surface area contributed by atoms with Crippen LogP contribution in [0.2, 0.25) is 0 Å². The fourth-order valence-corrected chi connectivity index (χ4v) is 3.42. The summed E-state index contributed by atoms with van der Waals surface area (Å²) >= 11 is 0. The Balaban J connectivity index is 2.15. The van der Waals surface area contributed by atoms with E-state index in [4.69, 9.17) is 10.5 Å². The van der Waals surface area contributed by atoms with Crippen molar-refractivity contribution in [1.82, 2.24) is 0 Å². The third-order valence-corrected chi connectivity index (χ3v) is 4.83. The highest BCUT2D eigenvalue weighted by molar-refractivity contribution is 6.01. The average molecular weight is 332 g/mol. The molecular weight excluding hydrogens is 304 g/mol. The number of ether oxygens (including phenoxy) is 1. The minimum Gasteiger partial charge on any atom is -0.458 e. The second kappa shape index (κ2) is 8.29. The molecule has 3 N–H and O–H groups in total. The number of nitrogens with two attached hydrogens (primary N) is 1. The van der Waals surface area contributed by atoms with Crippen LogP contribution < -0.4 is 11.1 Å². The number of anilines is 1. The van der Waals surface area contributed by atoms with Gasteiger partial charge in [0.1, 0.15) is 6.10 Å². The molecule has 1 fully saturated rings. The molecular formula is C19H28N2O3. The van der Waals surface area contributed by atoms with Crippen molar-refractivity contribution in [3.05, 3.63) is 29.8 Å². The molecule has 0 spiro atoms. The Morgan fingerprint density at radius 3 is 2.67 bits per heavy atom. The van der Waals surface area contributed by atoms with Gasteiger partial charge in [-0.1, -0.05) is 39.3 Å². The summed E-state index contributed by atoms with van der Waals surface area (Å²) in [5, 5.41) is 2.66. The molecule has 1 aliphatic carbocycles. The number of rotatable bonds is 5. The molecule has 2 rings (SSSR count). The van der Waals surface area contributed by atoms with Crippen LogP contribution in [0.1, 0.15) is 50.4 Å². The summed E-state index contributed by atoms with van der Waals surface area (Å²) in [6.45, 7) is 6.43. The van der Waals surface area contributed by atoms with Crippen molar-refractivity contribution in [2.45, 2.75) is 46.1 Å². The quantitative estimate of drug-likeness (QED) is 0.811. The van der Waals surface area contributed by atoms with Crippen molar-refractivity contribution in [2.24, 2.45) is 23.5 Å². The maximum absolute atomic E-state index is 12.7. The van der Waals surface area contributed by atoms with Gasteiger partial charge in [-0.2, -0.15) is 0 Å². The smallest absolute Gasteiger partial charge is 0.340 e. The SMILES string of the molecule is CC(C)[C@@H]1CC[C@@H](C)C[C@H]1OC(=O)c1ccccc1NC(=O)CN. The molecule has 0 unspecified atom stereocenters. The van der Waals surface area contributed by atoms with Crippen LogP contribution in [0.5, 0.6) is 0 Å². The van der Waals surface area contributed by atoms with E-state index in [2.05, 4.69) is 26.1 Å². The lowest BCUT2D eigenvalue weighted by atomic mass is 9.75. The molecule has 3 atom stereocenters. The second-order valence-corrected chi connectivity index (χ2v) is 7.07. The van der Waals surface area contributed by atoms with Gasteiger partial charge in [-0.3, -0.25) is 4.79 Å². The Hall–Kier alpha value is -1.88. The number of hydrogen-bond acceptors (Lipinski definition) is 4. The van der Waals surface area contributed by atoms with Gasteiger partial charge >= 0.3 is 5.97 Å². The molecule has 1 aromatic rings. The molecule has 132 valence electrons. The predicted molar refractivity (Wildman–Crippen MR) is 94.7 cm³/mol. The fourth-order valence-electron chi connectivity index (χ4n) is 3.42. The summed E-state index contributed by atoms with van der Waals surface area (Å²) < 4.78 is 5.86. The Morgan fingerprint density at radius 1 is 1.29 bits per heavy atom. The summed E-state index contributed by atoms with van der Waals surface area (Å²) in [4.78, 5) is 24.2. The van der Waals surface area contributed by atoms with Gasteiger partial charge in [0.05, 0.1) is 17.8 Å². The predicted octanol–water partition coefficient (Wildman–Crippen LogP) is 3.20. The van der Waals surface area contributed by atoms with E-state index in [1.165, 1.54) is 6.42 Å². The van der Waals surface area contributed by atoms with Gasteiger partial charge < -0.3 is 15.8 Å². The third-order valence-electron chi connectivity index (χ3n) is 4.83. The normalized spacial score (nSPS) is 23.8. The Morgan fingerprint density at radius 2 is 2.00 bits per heavy atom. The molecule has 1 aromatic carbocycles. The zero-order valence-corrected chi connectivity index (χ0v) is 14.7. The van der Waals surface area contributed by atoms with Gasteiger partial charge in [-0.15, -0.1) is 0 Å². The van der Waals surface area contributed by atoms with Gasteiger partial charge in [0.15, 0.2) is 0 Å². The molecule has 0 saturated heterocycles. The number of hydrogen-bond donors (Lipinski definition) is 2. The molecule has 5 nitrogen and oxygen atoms in total. The van der Waals surface area contributed by atoms with Crippen LogP contribution in [0, 0.1) is 17.8 Å². The minimum absolute atomic E-state index is 0.0699. The number of carbonyl (C=O) groups is 2. The summed E-state index contributed by atoms with van der Waals surface area (Å²) in [6, 6.07) is 6.89. The molecule has 0 bridgehead atoms. The first-order chi connectivity index (χ1) is 11.4. The minimum atomic E-state index is -0.382. The lowest BCUT2D eigenvalue weighted by Gasteiger charge is -2.36. The first-order valence-electron chi connectivity index (χ1n) is 8.72. The molecule has 0 radical (unpaired) electrons. The van der Waals surface area contributed by atoms with E-state index in [0.29, 0.717) is 29.0 Å². The van der Waals surface area contributed by atoms with E-state index >= 15 is 0 Å².